The van der Waals surface area contributed by atoms with Gasteiger partial charge >= 0.3 is 6.03 Å². The number of hydrogen-bond donors (Lipinski definition) is 2. The van der Waals surface area contributed by atoms with E-state index in [2.05, 4.69) is 38.3 Å². The van der Waals surface area contributed by atoms with Gasteiger partial charge in [0.1, 0.15) is 17.1 Å². The number of urea groups is 1. The lowest BCUT2D eigenvalue weighted by atomic mass is 9.93. The number of nitrogens with one attached hydrogen (secondary N) is 2. The fourth-order valence-electron chi connectivity index (χ4n) is 3.08. The number of benzene rings is 2. The summed E-state index contributed by atoms with van der Waals surface area (Å²) in [5.74, 6) is 0.503. The summed E-state index contributed by atoms with van der Waals surface area (Å²) in [7, 11) is 2.92. The number of anilines is 1. The third kappa shape index (κ3) is 4.63. The lowest BCUT2D eigenvalue weighted by molar-refractivity contribution is 0.0961. The number of hydrogen-bond acceptors (Lipinski definition) is 4. The maximum Gasteiger partial charge on any atom is 0.326 e. The van der Waals surface area contributed by atoms with Gasteiger partial charge in [-0.1, -0.05) is 52.0 Å². The molecule has 2 aromatic carbocycles. The van der Waals surface area contributed by atoms with Gasteiger partial charge in [-0.15, -0.1) is 0 Å². The second-order valence-electron chi connectivity index (χ2n) is 7.07. The Morgan fingerprint density at radius 3 is 1.71 bits per heavy atom. The molecule has 0 saturated heterocycles. The summed E-state index contributed by atoms with van der Waals surface area (Å²) in [6.07, 6.45) is 0. The third-order valence-electron chi connectivity index (χ3n) is 4.49. The monoisotopic (exact) mass is 384 g/mol. The lowest BCUT2D eigenvalue weighted by Gasteiger charge is -2.20. The summed E-state index contributed by atoms with van der Waals surface area (Å²) in [4.78, 5) is 25.3. The Morgan fingerprint density at radius 1 is 0.821 bits per heavy atom. The highest BCUT2D eigenvalue weighted by atomic mass is 16.5. The number of rotatable bonds is 6. The second kappa shape index (κ2) is 9.26. The summed E-state index contributed by atoms with van der Waals surface area (Å²) >= 11 is 0. The van der Waals surface area contributed by atoms with E-state index in [9.17, 15) is 9.59 Å². The van der Waals surface area contributed by atoms with E-state index in [-0.39, 0.29) is 17.4 Å². The molecule has 0 unspecified atom stereocenters. The normalized spacial score (nSPS) is 10.7. The van der Waals surface area contributed by atoms with Crippen LogP contribution in [0.3, 0.4) is 0 Å². The van der Waals surface area contributed by atoms with Crippen LogP contribution in [-0.2, 0) is 0 Å². The molecule has 6 heteroatoms. The van der Waals surface area contributed by atoms with E-state index in [1.165, 1.54) is 14.2 Å². The summed E-state index contributed by atoms with van der Waals surface area (Å²) < 4.78 is 10.5. The molecule has 0 aliphatic heterocycles. The number of ether oxygens (including phenoxy) is 2. The number of methoxy groups -OCH3 is 2. The number of amides is 3. The Balaban J connectivity index is 2.30. The molecule has 0 fully saturated rings. The predicted octanol–water partition coefficient (Wildman–Crippen LogP) is 4.91. The summed E-state index contributed by atoms with van der Waals surface area (Å²) in [5.41, 5.74) is 2.95. The van der Waals surface area contributed by atoms with Crippen LogP contribution in [0.15, 0.2) is 36.4 Å². The molecule has 0 aliphatic rings. The largest absolute Gasteiger partial charge is 0.496 e. The van der Waals surface area contributed by atoms with Crippen molar-refractivity contribution in [1.82, 2.24) is 5.32 Å². The predicted molar refractivity (Wildman–Crippen MR) is 111 cm³/mol. The minimum Gasteiger partial charge on any atom is -0.496 e. The summed E-state index contributed by atoms with van der Waals surface area (Å²) in [6.45, 7) is 8.25. The molecule has 0 atom stereocenters. The van der Waals surface area contributed by atoms with Crippen LogP contribution in [0.1, 0.15) is 61.0 Å². The molecule has 0 heterocycles. The fourth-order valence-corrected chi connectivity index (χ4v) is 3.08. The maximum absolute atomic E-state index is 12.7. The van der Waals surface area contributed by atoms with Crippen molar-refractivity contribution in [2.24, 2.45) is 0 Å². The zero-order valence-electron chi connectivity index (χ0n) is 17.3. The van der Waals surface area contributed by atoms with Gasteiger partial charge in [0.25, 0.3) is 5.91 Å². The zero-order valence-corrected chi connectivity index (χ0v) is 17.3. The Hall–Kier alpha value is -3.02. The van der Waals surface area contributed by atoms with Crippen molar-refractivity contribution in [2.45, 2.75) is 39.5 Å². The first-order chi connectivity index (χ1) is 13.3. The van der Waals surface area contributed by atoms with E-state index in [1.807, 2.05) is 18.2 Å². The van der Waals surface area contributed by atoms with Crippen LogP contribution in [0.5, 0.6) is 11.5 Å². The van der Waals surface area contributed by atoms with Gasteiger partial charge in [0.2, 0.25) is 0 Å². The first-order valence-electron chi connectivity index (χ1n) is 9.26. The van der Waals surface area contributed by atoms with Gasteiger partial charge < -0.3 is 14.8 Å². The highest BCUT2D eigenvalue weighted by Gasteiger charge is 2.22. The number of carbonyl (C=O) groups excluding carboxylic acids is 2. The summed E-state index contributed by atoms with van der Waals surface area (Å²) in [6, 6.07) is 10.3. The van der Waals surface area contributed by atoms with Crippen LogP contribution in [0, 0.1) is 0 Å². The van der Waals surface area contributed by atoms with E-state index in [4.69, 9.17) is 9.47 Å². The summed E-state index contributed by atoms with van der Waals surface area (Å²) in [5, 5.41) is 5.24. The van der Waals surface area contributed by atoms with Gasteiger partial charge in [0.15, 0.2) is 0 Å². The molecule has 0 aromatic heterocycles. The van der Waals surface area contributed by atoms with Crippen molar-refractivity contribution >= 4 is 17.6 Å². The van der Waals surface area contributed by atoms with Crippen molar-refractivity contribution < 1.29 is 19.1 Å². The molecule has 2 N–H and O–H groups in total. The van der Waals surface area contributed by atoms with Crippen LogP contribution >= 0.6 is 0 Å². The first kappa shape index (κ1) is 21.3. The van der Waals surface area contributed by atoms with Gasteiger partial charge in [-0.25, -0.2) is 4.79 Å². The second-order valence-corrected chi connectivity index (χ2v) is 7.07. The van der Waals surface area contributed by atoms with Gasteiger partial charge in [-0.3, -0.25) is 10.1 Å². The van der Waals surface area contributed by atoms with Crippen molar-refractivity contribution in [3.63, 3.8) is 0 Å². The molecule has 2 aromatic rings. The molecular weight excluding hydrogens is 356 g/mol. The van der Waals surface area contributed by atoms with Crippen LogP contribution in [0.4, 0.5) is 10.5 Å². The Labute approximate surface area is 166 Å². The quantitative estimate of drug-likeness (QED) is 0.742. The van der Waals surface area contributed by atoms with E-state index in [1.54, 1.807) is 18.2 Å². The molecule has 0 bridgehead atoms. The third-order valence-corrected chi connectivity index (χ3v) is 4.49. The number of para-hydroxylation sites is 1. The molecule has 0 spiro atoms. The maximum atomic E-state index is 12.7. The number of imide groups is 1. The lowest BCUT2D eigenvalue weighted by Crippen LogP contribution is -2.35. The van der Waals surface area contributed by atoms with Crippen molar-refractivity contribution in [3.8, 4) is 11.5 Å². The standard InChI is InChI=1S/C22H28N2O4/c1-13(2)15-9-7-10-16(14(3)4)20(15)23-22(26)24-21(25)19-17(27-5)11-8-12-18(19)28-6/h7-14H,1-6H3,(H2,23,24,25,26). The molecule has 2 rings (SSSR count). The van der Waals surface area contributed by atoms with Crippen LogP contribution in [-0.4, -0.2) is 26.2 Å². The van der Waals surface area contributed by atoms with Gasteiger partial charge in [0, 0.05) is 5.69 Å². The average Bonchev–Trinajstić information content (AvgIpc) is 2.66. The van der Waals surface area contributed by atoms with Crippen molar-refractivity contribution in [3.05, 3.63) is 53.1 Å². The van der Waals surface area contributed by atoms with E-state index >= 15 is 0 Å². The minimum atomic E-state index is -0.604. The van der Waals surface area contributed by atoms with E-state index in [0.29, 0.717) is 11.5 Å². The van der Waals surface area contributed by atoms with Crippen LogP contribution in [0.25, 0.3) is 0 Å². The zero-order chi connectivity index (χ0) is 20.8. The Kier molecular flexibility index (Phi) is 7.04. The van der Waals surface area contributed by atoms with Crippen molar-refractivity contribution in [2.75, 3.05) is 19.5 Å². The SMILES string of the molecule is COc1cccc(OC)c1C(=O)NC(=O)Nc1c(C(C)C)cccc1C(C)C. The molecular formula is C22H28N2O4. The van der Waals surface area contributed by atoms with Gasteiger partial charge in [0.05, 0.1) is 14.2 Å². The molecule has 3 amide bonds. The van der Waals surface area contributed by atoms with E-state index in [0.717, 1.165) is 16.8 Å². The number of carbonyl (C=O) groups is 2. The highest BCUT2D eigenvalue weighted by molar-refractivity contribution is 6.10. The van der Waals surface area contributed by atoms with Gasteiger partial charge in [-0.2, -0.15) is 0 Å². The molecule has 0 saturated carbocycles. The Morgan fingerprint density at radius 2 is 1.29 bits per heavy atom. The molecule has 6 nitrogen and oxygen atoms in total. The molecule has 0 radical (unpaired) electrons. The topological polar surface area (TPSA) is 76.7 Å². The molecule has 28 heavy (non-hydrogen) atoms. The average molecular weight is 384 g/mol. The van der Waals surface area contributed by atoms with Crippen LogP contribution in [0.2, 0.25) is 0 Å². The smallest absolute Gasteiger partial charge is 0.326 e. The highest BCUT2D eigenvalue weighted by Crippen LogP contribution is 2.32. The van der Waals surface area contributed by atoms with E-state index < -0.39 is 11.9 Å². The van der Waals surface area contributed by atoms with Crippen molar-refractivity contribution in [1.29, 1.82) is 0 Å². The van der Waals surface area contributed by atoms with Gasteiger partial charge in [-0.05, 0) is 35.1 Å². The van der Waals surface area contributed by atoms with Crippen LogP contribution < -0.4 is 20.1 Å². The molecule has 0 aliphatic carbocycles. The first-order valence-corrected chi connectivity index (χ1v) is 9.26. The fraction of sp³-hybridized carbons (Fsp3) is 0.364. The minimum absolute atomic E-state index is 0.170. The molecule has 150 valence electrons. The Bertz CT molecular complexity index is 811.